The van der Waals surface area contributed by atoms with Crippen LogP contribution in [-0.2, 0) is 17.8 Å². The Hall–Kier alpha value is -2.48. The number of aryl methyl sites for hydroxylation is 1. The monoisotopic (exact) mass is 304 g/mol. The van der Waals surface area contributed by atoms with E-state index in [1.165, 1.54) is 17.4 Å². The summed E-state index contributed by atoms with van der Waals surface area (Å²) < 4.78 is 0. The largest absolute Gasteiger partial charge is 0.373 e. The minimum absolute atomic E-state index is 0.0152. The second-order valence-electron chi connectivity index (χ2n) is 4.61. The van der Waals surface area contributed by atoms with E-state index in [0.717, 1.165) is 10.6 Å². The van der Waals surface area contributed by atoms with Crippen LogP contribution in [0.5, 0.6) is 0 Å². The van der Waals surface area contributed by atoms with Crippen molar-refractivity contribution in [3.63, 3.8) is 0 Å². The van der Waals surface area contributed by atoms with Gasteiger partial charge in [0.05, 0.1) is 11.5 Å². The van der Waals surface area contributed by atoms with Crippen molar-refractivity contribution in [3.05, 3.63) is 44.4 Å². The van der Waals surface area contributed by atoms with E-state index < -0.39 is 4.92 Å². The summed E-state index contributed by atoms with van der Waals surface area (Å²) in [5.41, 5.74) is 1.83. The lowest BCUT2D eigenvalue weighted by molar-refractivity contribution is -0.384. The van der Waals surface area contributed by atoms with E-state index in [4.69, 9.17) is 0 Å². The summed E-state index contributed by atoms with van der Waals surface area (Å²) in [5.74, 6) is -0.0674. The van der Waals surface area contributed by atoms with Gasteiger partial charge in [0, 0.05) is 29.8 Å². The number of nitro groups is 1. The summed E-state index contributed by atoms with van der Waals surface area (Å²) in [7, 11) is 0. The Labute approximate surface area is 124 Å². The molecule has 1 aromatic heterocycles. The molecule has 2 heterocycles. The number of thiazole rings is 1. The molecule has 0 saturated heterocycles. The van der Waals surface area contributed by atoms with Crippen molar-refractivity contribution in [2.75, 3.05) is 10.6 Å². The van der Waals surface area contributed by atoms with Crippen LogP contribution in [0.15, 0.2) is 23.7 Å². The molecule has 0 aliphatic carbocycles. The first-order valence-electron chi connectivity index (χ1n) is 6.37. The molecule has 1 aromatic carbocycles. The Morgan fingerprint density at radius 2 is 2.29 bits per heavy atom. The smallest absolute Gasteiger partial charge is 0.292 e. The highest BCUT2D eigenvalue weighted by atomic mass is 32.1. The third-order valence-corrected chi connectivity index (χ3v) is 4.01. The summed E-state index contributed by atoms with van der Waals surface area (Å²) in [6.45, 7) is 0.408. The van der Waals surface area contributed by atoms with Gasteiger partial charge in [-0.05, 0) is 18.1 Å². The average molecular weight is 304 g/mol. The number of nitrogens with zero attached hydrogens (tertiary/aromatic N) is 2. The van der Waals surface area contributed by atoms with Crippen molar-refractivity contribution >= 4 is 34.3 Å². The van der Waals surface area contributed by atoms with Crippen LogP contribution in [0.4, 0.5) is 17.1 Å². The summed E-state index contributed by atoms with van der Waals surface area (Å²) in [5, 5.41) is 19.6. The number of rotatable bonds is 4. The Morgan fingerprint density at radius 3 is 3.00 bits per heavy atom. The number of amides is 1. The molecule has 0 atom stereocenters. The fraction of sp³-hybridized carbons (Fsp3) is 0.231. The number of hydrogen-bond acceptors (Lipinski definition) is 6. The predicted octanol–water partition coefficient (Wildman–Crippen LogP) is 2.55. The zero-order chi connectivity index (χ0) is 14.8. The highest BCUT2D eigenvalue weighted by Crippen LogP contribution is 2.34. The van der Waals surface area contributed by atoms with Crippen molar-refractivity contribution in [1.82, 2.24) is 4.98 Å². The summed E-state index contributed by atoms with van der Waals surface area (Å²) in [4.78, 5) is 26.3. The SMILES string of the molecule is O=C1CCc2cc([N+](=O)[O-])c(NCc3nccs3)cc2N1. The second kappa shape index (κ2) is 5.49. The number of aromatic nitrogens is 1. The fourth-order valence-corrected chi connectivity index (χ4v) is 2.78. The number of anilines is 2. The first kappa shape index (κ1) is 13.5. The zero-order valence-electron chi connectivity index (χ0n) is 11.0. The minimum Gasteiger partial charge on any atom is -0.373 e. The van der Waals surface area contributed by atoms with Crippen LogP contribution in [0.2, 0.25) is 0 Å². The van der Waals surface area contributed by atoms with E-state index in [-0.39, 0.29) is 11.6 Å². The lowest BCUT2D eigenvalue weighted by Crippen LogP contribution is -2.19. The van der Waals surface area contributed by atoms with Crippen molar-refractivity contribution in [1.29, 1.82) is 0 Å². The van der Waals surface area contributed by atoms with Gasteiger partial charge in [0.15, 0.2) is 0 Å². The Kier molecular flexibility index (Phi) is 3.53. The lowest BCUT2D eigenvalue weighted by Gasteiger charge is -2.18. The van der Waals surface area contributed by atoms with Crippen molar-refractivity contribution in [2.45, 2.75) is 19.4 Å². The van der Waals surface area contributed by atoms with Crippen molar-refractivity contribution in [2.24, 2.45) is 0 Å². The quantitative estimate of drug-likeness (QED) is 0.668. The van der Waals surface area contributed by atoms with Crippen molar-refractivity contribution in [3.8, 4) is 0 Å². The number of hydrogen-bond donors (Lipinski definition) is 2. The third kappa shape index (κ3) is 2.84. The molecule has 21 heavy (non-hydrogen) atoms. The van der Waals surface area contributed by atoms with Gasteiger partial charge >= 0.3 is 0 Å². The maximum absolute atomic E-state index is 11.4. The topological polar surface area (TPSA) is 97.2 Å². The summed E-state index contributed by atoms with van der Waals surface area (Å²) >= 11 is 1.47. The molecule has 1 aliphatic heterocycles. The van der Waals surface area contributed by atoms with Gasteiger partial charge in [-0.25, -0.2) is 4.98 Å². The minimum atomic E-state index is -0.416. The van der Waals surface area contributed by atoms with Crippen LogP contribution in [0.1, 0.15) is 17.0 Å². The van der Waals surface area contributed by atoms with Crippen LogP contribution < -0.4 is 10.6 Å². The second-order valence-corrected chi connectivity index (χ2v) is 5.59. The molecule has 3 rings (SSSR count). The molecule has 7 nitrogen and oxygen atoms in total. The lowest BCUT2D eigenvalue weighted by atomic mass is 10.0. The Balaban J connectivity index is 1.91. The third-order valence-electron chi connectivity index (χ3n) is 3.23. The molecule has 2 N–H and O–H groups in total. The molecule has 0 fully saturated rings. The van der Waals surface area contributed by atoms with Gasteiger partial charge in [-0.3, -0.25) is 14.9 Å². The Morgan fingerprint density at radius 1 is 1.43 bits per heavy atom. The van der Waals surface area contributed by atoms with E-state index in [2.05, 4.69) is 15.6 Å². The van der Waals surface area contributed by atoms with Gasteiger partial charge in [-0.2, -0.15) is 0 Å². The number of fused-ring (bicyclic) bond motifs is 1. The average Bonchev–Trinajstić information content (AvgIpc) is 2.97. The van der Waals surface area contributed by atoms with Crippen LogP contribution in [0.3, 0.4) is 0 Å². The van der Waals surface area contributed by atoms with Gasteiger partial charge in [0.1, 0.15) is 10.7 Å². The van der Waals surface area contributed by atoms with E-state index in [0.29, 0.717) is 30.8 Å². The number of benzene rings is 1. The molecule has 1 amide bonds. The molecule has 0 spiro atoms. The highest BCUT2D eigenvalue weighted by Gasteiger charge is 2.22. The molecule has 1 aliphatic rings. The number of nitro benzene ring substituents is 1. The van der Waals surface area contributed by atoms with Gasteiger partial charge in [0.25, 0.3) is 5.69 Å². The number of carbonyl (C=O) groups excluding carboxylic acids is 1. The van der Waals surface area contributed by atoms with Crippen LogP contribution in [-0.4, -0.2) is 15.8 Å². The molecule has 8 heteroatoms. The number of carbonyl (C=O) groups is 1. The summed E-state index contributed by atoms with van der Waals surface area (Å²) in [6, 6.07) is 3.15. The zero-order valence-corrected chi connectivity index (χ0v) is 11.8. The van der Waals surface area contributed by atoms with Crippen molar-refractivity contribution < 1.29 is 9.72 Å². The molecular weight excluding hydrogens is 292 g/mol. The molecule has 0 saturated carbocycles. The predicted molar refractivity (Wildman–Crippen MR) is 79.5 cm³/mol. The van der Waals surface area contributed by atoms with Gasteiger partial charge in [-0.1, -0.05) is 0 Å². The molecule has 2 aromatic rings. The molecular formula is C13H12N4O3S. The van der Waals surface area contributed by atoms with Crippen LogP contribution >= 0.6 is 11.3 Å². The molecule has 0 radical (unpaired) electrons. The Bertz CT molecular complexity index is 700. The summed E-state index contributed by atoms with van der Waals surface area (Å²) in [6.07, 6.45) is 2.56. The van der Waals surface area contributed by atoms with E-state index in [1.807, 2.05) is 5.38 Å². The van der Waals surface area contributed by atoms with Gasteiger partial charge < -0.3 is 10.6 Å². The first-order valence-corrected chi connectivity index (χ1v) is 7.25. The van der Waals surface area contributed by atoms with Gasteiger partial charge in [0.2, 0.25) is 5.91 Å². The maximum Gasteiger partial charge on any atom is 0.292 e. The maximum atomic E-state index is 11.4. The standard InChI is InChI=1S/C13H12N4O3S/c18-12-2-1-8-5-11(17(19)20)10(6-9(8)16-12)15-7-13-14-3-4-21-13/h3-6,15H,1-2,7H2,(H,16,18). The number of nitrogens with one attached hydrogen (secondary N) is 2. The molecule has 108 valence electrons. The van der Waals surface area contributed by atoms with Gasteiger partial charge in [-0.15, -0.1) is 11.3 Å². The van der Waals surface area contributed by atoms with E-state index >= 15 is 0 Å². The van der Waals surface area contributed by atoms with Crippen LogP contribution in [0.25, 0.3) is 0 Å². The van der Waals surface area contributed by atoms with Crippen LogP contribution in [0, 0.1) is 10.1 Å². The van der Waals surface area contributed by atoms with E-state index in [1.54, 1.807) is 12.3 Å². The highest BCUT2D eigenvalue weighted by molar-refractivity contribution is 7.09. The first-order chi connectivity index (χ1) is 10.1. The molecule has 0 unspecified atom stereocenters. The molecule has 0 bridgehead atoms. The normalized spacial score (nSPS) is 13.4. The fourth-order valence-electron chi connectivity index (χ4n) is 2.22. The van der Waals surface area contributed by atoms with E-state index in [9.17, 15) is 14.9 Å².